The van der Waals surface area contributed by atoms with Gasteiger partial charge < -0.3 is 15.4 Å². The van der Waals surface area contributed by atoms with E-state index >= 15 is 0 Å². The number of amides is 1. The number of methoxy groups -OCH3 is 1. The second-order valence-corrected chi connectivity index (χ2v) is 6.43. The third kappa shape index (κ3) is 2.47. The highest BCUT2D eigenvalue weighted by Crippen LogP contribution is 2.43. The normalized spacial score (nSPS) is 18.7. The maximum absolute atomic E-state index is 13.4. The van der Waals surface area contributed by atoms with Gasteiger partial charge in [0.15, 0.2) is 0 Å². The van der Waals surface area contributed by atoms with Crippen LogP contribution >= 0.6 is 0 Å². The average molecular weight is 344 g/mol. The van der Waals surface area contributed by atoms with Gasteiger partial charge in [-0.3, -0.25) is 4.79 Å². The lowest BCUT2D eigenvalue weighted by molar-refractivity contribution is -0.121. The van der Waals surface area contributed by atoms with Gasteiger partial charge in [0.25, 0.3) is 5.91 Å². The number of nitrogens with zero attached hydrogens (tertiary/aromatic N) is 1. The number of rotatable bonds is 4. The molecule has 0 radical (unpaired) electrons. The zero-order valence-electron chi connectivity index (χ0n) is 14.6. The van der Waals surface area contributed by atoms with Crippen molar-refractivity contribution in [3.63, 3.8) is 0 Å². The van der Waals surface area contributed by atoms with E-state index in [0.29, 0.717) is 6.54 Å². The molecule has 3 aromatic rings. The summed E-state index contributed by atoms with van der Waals surface area (Å²) in [6.45, 7) is 0.492. The van der Waals surface area contributed by atoms with Crippen molar-refractivity contribution in [3.05, 3.63) is 95.6 Å². The van der Waals surface area contributed by atoms with Gasteiger partial charge in [-0.05, 0) is 29.3 Å². The summed E-state index contributed by atoms with van der Waals surface area (Å²) in [4.78, 5) is 15.2. The van der Waals surface area contributed by atoms with E-state index in [0.717, 1.165) is 28.1 Å². The zero-order valence-corrected chi connectivity index (χ0v) is 14.6. The first kappa shape index (κ1) is 16.4. The summed E-state index contributed by atoms with van der Waals surface area (Å²) in [5.74, 6) is 0.616. The van der Waals surface area contributed by atoms with Crippen LogP contribution in [0.1, 0.15) is 16.7 Å². The first-order chi connectivity index (χ1) is 12.6. The lowest BCUT2D eigenvalue weighted by Gasteiger charge is -2.25. The van der Waals surface area contributed by atoms with E-state index in [-0.39, 0.29) is 5.91 Å². The molecule has 0 aliphatic carbocycles. The second-order valence-electron chi connectivity index (χ2n) is 6.43. The molecule has 4 heteroatoms. The van der Waals surface area contributed by atoms with Gasteiger partial charge in [-0.25, -0.2) is 0 Å². The van der Waals surface area contributed by atoms with E-state index in [2.05, 4.69) is 0 Å². The first-order valence-electron chi connectivity index (χ1n) is 8.53. The minimum Gasteiger partial charge on any atom is -0.497 e. The maximum Gasteiger partial charge on any atom is 0.256 e. The van der Waals surface area contributed by atoms with E-state index in [1.54, 1.807) is 12.0 Å². The monoisotopic (exact) mass is 344 g/mol. The van der Waals surface area contributed by atoms with Crippen LogP contribution in [0.2, 0.25) is 0 Å². The Hall–Kier alpha value is -3.11. The summed E-state index contributed by atoms with van der Waals surface area (Å²) in [5.41, 5.74) is 9.05. The van der Waals surface area contributed by atoms with Crippen molar-refractivity contribution >= 4 is 11.6 Å². The lowest BCUT2D eigenvalue weighted by atomic mass is 9.85. The summed E-state index contributed by atoms with van der Waals surface area (Å²) in [5, 5.41) is 0. The van der Waals surface area contributed by atoms with Gasteiger partial charge in [0.2, 0.25) is 0 Å². The Morgan fingerprint density at radius 2 is 1.58 bits per heavy atom. The quantitative estimate of drug-likeness (QED) is 0.789. The number of ether oxygens (including phenoxy) is 1. The maximum atomic E-state index is 13.4. The Bertz CT molecular complexity index is 938. The first-order valence-corrected chi connectivity index (χ1v) is 8.53. The standard InChI is InChI=1S/C22H20N2O2/c1-26-18-13-11-17(12-14-18)22(23)19-9-5-6-10-20(19)24(21(22)25)15-16-7-3-2-4-8-16/h2-14H,15,23H2,1H3. The van der Waals surface area contributed by atoms with Gasteiger partial charge in [-0.15, -0.1) is 0 Å². The third-order valence-corrected chi connectivity index (χ3v) is 4.93. The van der Waals surface area contributed by atoms with Crippen molar-refractivity contribution < 1.29 is 9.53 Å². The molecule has 4 nitrogen and oxygen atoms in total. The molecule has 0 saturated carbocycles. The van der Waals surface area contributed by atoms with Crippen molar-refractivity contribution in [1.29, 1.82) is 0 Å². The molecule has 3 aromatic carbocycles. The molecule has 26 heavy (non-hydrogen) atoms. The van der Waals surface area contributed by atoms with Crippen LogP contribution in [0.15, 0.2) is 78.9 Å². The van der Waals surface area contributed by atoms with Gasteiger partial charge in [0.1, 0.15) is 11.3 Å². The number of nitrogens with two attached hydrogens (primary N) is 1. The number of carbonyl (C=O) groups excluding carboxylic acids is 1. The molecule has 0 aromatic heterocycles. The molecule has 2 N–H and O–H groups in total. The largest absolute Gasteiger partial charge is 0.497 e. The Morgan fingerprint density at radius 1 is 0.923 bits per heavy atom. The van der Waals surface area contributed by atoms with E-state index in [1.165, 1.54) is 0 Å². The molecule has 1 heterocycles. The molecule has 1 aliphatic rings. The highest BCUT2D eigenvalue weighted by Gasteiger charge is 2.49. The number of anilines is 1. The van der Waals surface area contributed by atoms with E-state index in [9.17, 15) is 4.79 Å². The number of carbonyl (C=O) groups is 1. The minimum absolute atomic E-state index is 0.118. The topological polar surface area (TPSA) is 55.6 Å². The van der Waals surface area contributed by atoms with Crippen molar-refractivity contribution in [3.8, 4) is 5.75 Å². The van der Waals surface area contributed by atoms with Crippen LogP contribution < -0.4 is 15.4 Å². The van der Waals surface area contributed by atoms with E-state index < -0.39 is 5.54 Å². The molecule has 0 spiro atoms. The van der Waals surface area contributed by atoms with Crippen LogP contribution in [0.25, 0.3) is 0 Å². The van der Waals surface area contributed by atoms with Crippen molar-refractivity contribution in [2.45, 2.75) is 12.1 Å². The van der Waals surface area contributed by atoms with E-state index in [1.807, 2.05) is 78.9 Å². The molecule has 1 aliphatic heterocycles. The second kappa shape index (κ2) is 6.32. The minimum atomic E-state index is -1.20. The van der Waals surface area contributed by atoms with Gasteiger partial charge >= 0.3 is 0 Å². The van der Waals surface area contributed by atoms with Crippen LogP contribution in [-0.4, -0.2) is 13.0 Å². The van der Waals surface area contributed by atoms with Gasteiger partial charge in [0.05, 0.1) is 19.3 Å². The fourth-order valence-corrected chi connectivity index (χ4v) is 3.54. The summed E-state index contributed by atoms with van der Waals surface area (Å²) >= 11 is 0. The summed E-state index contributed by atoms with van der Waals surface area (Å²) in [7, 11) is 1.62. The lowest BCUT2D eigenvalue weighted by Crippen LogP contribution is -2.47. The molecule has 0 saturated heterocycles. The highest BCUT2D eigenvalue weighted by molar-refractivity contribution is 6.09. The number of para-hydroxylation sites is 1. The molecule has 130 valence electrons. The van der Waals surface area contributed by atoms with Crippen molar-refractivity contribution in [2.24, 2.45) is 5.73 Å². The fraction of sp³-hybridized carbons (Fsp3) is 0.136. The van der Waals surface area contributed by atoms with Gasteiger partial charge in [-0.2, -0.15) is 0 Å². The SMILES string of the molecule is COc1ccc(C2(N)C(=O)N(Cc3ccccc3)c3ccccc32)cc1. The molecule has 1 atom stereocenters. The Morgan fingerprint density at radius 3 is 2.27 bits per heavy atom. The molecule has 0 fully saturated rings. The van der Waals surface area contributed by atoms with Crippen LogP contribution in [0.3, 0.4) is 0 Å². The van der Waals surface area contributed by atoms with Crippen molar-refractivity contribution in [2.75, 3.05) is 12.0 Å². The zero-order chi connectivity index (χ0) is 18.1. The van der Waals surface area contributed by atoms with Crippen molar-refractivity contribution in [1.82, 2.24) is 0 Å². The predicted octanol–water partition coefficient (Wildman–Crippen LogP) is 3.44. The van der Waals surface area contributed by atoms with Crippen LogP contribution in [0.4, 0.5) is 5.69 Å². The number of hydrogen-bond acceptors (Lipinski definition) is 3. The third-order valence-electron chi connectivity index (χ3n) is 4.93. The molecule has 0 bridgehead atoms. The van der Waals surface area contributed by atoms with Crippen LogP contribution in [0.5, 0.6) is 5.75 Å². The molecular formula is C22H20N2O2. The predicted molar refractivity (Wildman–Crippen MR) is 102 cm³/mol. The fourth-order valence-electron chi connectivity index (χ4n) is 3.54. The molecular weight excluding hydrogens is 324 g/mol. The number of hydrogen-bond donors (Lipinski definition) is 1. The number of benzene rings is 3. The van der Waals surface area contributed by atoms with Crippen LogP contribution in [-0.2, 0) is 16.9 Å². The Balaban J connectivity index is 1.79. The van der Waals surface area contributed by atoms with Gasteiger partial charge in [0, 0.05) is 5.56 Å². The van der Waals surface area contributed by atoms with Crippen LogP contribution in [0, 0.1) is 0 Å². The highest BCUT2D eigenvalue weighted by atomic mass is 16.5. The Kier molecular flexibility index (Phi) is 3.98. The molecule has 4 rings (SSSR count). The smallest absolute Gasteiger partial charge is 0.256 e. The van der Waals surface area contributed by atoms with E-state index in [4.69, 9.17) is 10.5 Å². The summed E-state index contributed by atoms with van der Waals surface area (Å²) < 4.78 is 5.23. The summed E-state index contributed by atoms with van der Waals surface area (Å²) in [6.07, 6.45) is 0. The number of fused-ring (bicyclic) bond motifs is 1. The molecule has 1 unspecified atom stereocenters. The summed E-state index contributed by atoms with van der Waals surface area (Å²) in [6, 6.07) is 25.1. The average Bonchev–Trinajstić information content (AvgIpc) is 2.92. The van der Waals surface area contributed by atoms with Gasteiger partial charge in [-0.1, -0.05) is 60.7 Å². The Labute approximate surface area is 152 Å². The molecule has 1 amide bonds.